The molecule has 204 valence electrons. The lowest BCUT2D eigenvalue weighted by Gasteiger charge is -2.18. The SMILES string of the molecule is C=C/C(F)=C\N=C(/C)c1cc(F)cc(Nc2cc(Nc3ncc(F)cc3F)ncc2C(=O)NOCC)c1OC. The maximum atomic E-state index is 14.7. The summed E-state index contributed by atoms with van der Waals surface area (Å²) in [5, 5.41) is 5.51. The Labute approximate surface area is 221 Å². The van der Waals surface area contributed by atoms with Gasteiger partial charge in [-0.1, -0.05) is 6.58 Å². The van der Waals surface area contributed by atoms with E-state index in [1.54, 1.807) is 6.92 Å². The zero-order chi connectivity index (χ0) is 28.5. The van der Waals surface area contributed by atoms with Crippen LogP contribution in [0.25, 0.3) is 0 Å². The van der Waals surface area contributed by atoms with E-state index in [1.807, 2.05) is 0 Å². The van der Waals surface area contributed by atoms with Crippen LogP contribution in [-0.4, -0.2) is 35.3 Å². The van der Waals surface area contributed by atoms with Gasteiger partial charge in [-0.3, -0.25) is 14.6 Å². The number of rotatable bonds is 11. The fourth-order valence-corrected chi connectivity index (χ4v) is 3.23. The zero-order valence-electron chi connectivity index (χ0n) is 21.1. The Balaban J connectivity index is 2.09. The van der Waals surface area contributed by atoms with Crippen molar-refractivity contribution in [2.24, 2.45) is 4.99 Å². The normalized spacial score (nSPS) is 11.7. The lowest BCUT2D eigenvalue weighted by Crippen LogP contribution is -2.24. The van der Waals surface area contributed by atoms with Gasteiger partial charge < -0.3 is 15.4 Å². The second kappa shape index (κ2) is 13.1. The van der Waals surface area contributed by atoms with E-state index < -0.39 is 29.2 Å². The predicted octanol–water partition coefficient (Wildman–Crippen LogP) is 5.88. The van der Waals surface area contributed by atoms with Crippen molar-refractivity contribution in [2.75, 3.05) is 24.4 Å². The average Bonchev–Trinajstić information content (AvgIpc) is 2.91. The average molecular weight is 545 g/mol. The Morgan fingerprint density at radius 2 is 1.82 bits per heavy atom. The van der Waals surface area contributed by atoms with Gasteiger partial charge in [0.2, 0.25) is 0 Å². The summed E-state index contributed by atoms with van der Waals surface area (Å²) in [7, 11) is 1.33. The molecule has 0 aliphatic carbocycles. The molecular formula is C26H24F4N6O3. The summed E-state index contributed by atoms with van der Waals surface area (Å²) in [5.41, 5.74) is 2.76. The summed E-state index contributed by atoms with van der Waals surface area (Å²) in [6.45, 7) is 6.66. The van der Waals surface area contributed by atoms with Gasteiger partial charge in [0.15, 0.2) is 17.4 Å². The number of benzene rings is 1. The van der Waals surface area contributed by atoms with Crippen LogP contribution in [0, 0.1) is 17.5 Å². The number of aliphatic imine (C=N–C) groups is 1. The molecule has 0 aliphatic heterocycles. The van der Waals surface area contributed by atoms with Crippen LogP contribution in [0.3, 0.4) is 0 Å². The maximum Gasteiger partial charge on any atom is 0.278 e. The smallest absolute Gasteiger partial charge is 0.278 e. The van der Waals surface area contributed by atoms with Gasteiger partial charge >= 0.3 is 0 Å². The molecule has 3 N–H and O–H groups in total. The number of hydrogen-bond acceptors (Lipinski definition) is 8. The molecule has 1 aromatic carbocycles. The standard InChI is InChI=1S/C26H24F4N6O3/c1-5-15(27)11-31-14(3)18-7-16(28)9-22(24(18)38-4)34-21-10-23(32-13-19(21)26(37)36-39-6-2)35-25-20(30)8-17(29)12-33-25/h5,7-13H,1,6H2,2-4H3,(H,36,37)(H2,32,33,34,35)/b15-11+,31-14+. The first-order valence-electron chi connectivity index (χ1n) is 11.3. The number of carbonyl (C=O) groups excluding carboxylic acids is 1. The molecule has 3 rings (SSSR count). The summed E-state index contributed by atoms with van der Waals surface area (Å²) < 4.78 is 61.0. The predicted molar refractivity (Wildman–Crippen MR) is 139 cm³/mol. The summed E-state index contributed by atoms with van der Waals surface area (Å²) >= 11 is 0. The number of pyridine rings is 2. The van der Waals surface area contributed by atoms with Gasteiger partial charge in [0.1, 0.15) is 23.3 Å². The minimum absolute atomic E-state index is 0.0156. The molecule has 0 fully saturated rings. The van der Waals surface area contributed by atoms with Crippen molar-refractivity contribution in [3.05, 3.63) is 89.9 Å². The quantitative estimate of drug-likeness (QED) is 0.120. The first-order chi connectivity index (χ1) is 18.7. The molecule has 1 amide bonds. The molecule has 3 aromatic rings. The Morgan fingerprint density at radius 3 is 2.49 bits per heavy atom. The minimum atomic E-state index is -0.974. The molecule has 0 saturated heterocycles. The molecule has 0 atom stereocenters. The number of methoxy groups -OCH3 is 1. The number of carbonyl (C=O) groups is 1. The number of aromatic nitrogens is 2. The largest absolute Gasteiger partial charge is 0.494 e. The molecule has 0 radical (unpaired) electrons. The third-order valence-electron chi connectivity index (χ3n) is 5.01. The monoisotopic (exact) mass is 544 g/mol. The highest BCUT2D eigenvalue weighted by molar-refractivity contribution is 6.04. The van der Waals surface area contributed by atoms with Crippen LogP contribution in [0.1, 0.15) is 29.8 Å². The summed E-state index contributed by atoms with van der Waals surface area (Å²) in [4.78, 5) is 29.4. The minimum Gasteiger partial charge on any atom is -0.494 e. The van der Waals surface area contributed by atoms with Crippen LogP contribution in [0.2, 0.25) is 0 Å². The molecule has 13 heteroatoms. The molecule has 2 aromatic heterocycles. The van der Waals surface area contributed by atoms with Gasteiger partial charge in [0.05, 0.1) is 43.1 Å². The molecule has 0 aliphatic rings. The highest BCUT2D eigenvalue weighted by atomic mass is 19.1. The van der Waals surface area contributed by atoms with Gasteiger partial charge in [-0.2, -0.15) is 0 Å². The highest BCUT2D eigenvalue weighted by Crippen LogP contribution is 2.35. The number of halogens is 4. The number of amides is 1. The number of anilines is 4. The molecule has 0 unspecified atom stereocenters. The van der Waals surface area contributed by atoms with Crippen molar-refractivity contribution < 1.29 is 31.9 Å². The topological polar surface area (TPSA) is 110 Å². The molecule has 0 bridgehead atoms. The maximum absolute atomic E-state index is 14.7. The summed E-state index contributed by atoms with van der Waals surface area (Å²) in [6, 6.07) is 4.21. The molecule has 39 heavy (non-hydrogen) atoms. The first-order valence-corrected chi connectivity index (χ1v) is 11.3. The van der Waals surface area contributed by atoms with Crippen LogP contribution in [0.15, 0.2) is 66.3 Å². The van der Waals surface area contributed by atoms with E-state index in [-0.39, 0.29) is 52.2 Å². The number of hydroxylamine groups is 1. The van der Waals surface area contributed by atoms with E-state index in [4.69, 9.17) is 9.57 Å². The van der Waals surface area contributed by atoms with Gasteiger partial charge in [-0.25, -0.2) is 33.0 Å². The van der Waals surface area contributed by atoms with Crippen molar-refractivity contribution in [1.82, 2.24) is 15.4 Å². The van der Waals surface area contributed by atoms with Gasteiger partial charge in [0.25, 0.3) is 5.91 Å². The first kappa shape index (κ1) is 28.8. The molecule has 2 heterocycles. The number of allylic oxidation sites excluding steroid dienone is 2. The van der Waals surface area contributed by atoms with Crippen molar-refractivity contribution in [3.8, 4) is 5.75 Å². The molecular weight excluding hydrogens is 520 g/mol. The Kier molecular flexibility index (Phi) is 9.70. The van der Waals surface area contributed by atoms with Crippen molar-refractivity contribution in [3.63, 3.8) is 0 Å². The van der Waals surface area contributed by atoms with Gasteiger partial charge in [0, 0.05) is 35.7 Å². The second-order valence-electron chi connectivity index (χ2n) is 7.68. The molecule has 9 nitrogen and oxygen atoms in total. The molecule has 0 saturated carbocycles. The Bertz CT molecular complexity index is 1450. The van der Waals surface area contributed by atoms with Crippen molar-refractivity contribution in [1.29, 1.82) is 0 Å². The zero-order valence-corrected chi connectivity index (χ0v) is 21.1. The van der Waals surface area contributed by atoms with E-state index in [2.05, 4.69) is 37.7 Å². The third-order valence-corrected chi connectivity index (χ3v) is 5.01. The van der Waals surface area contributed by atoms with Crippen LogP contribution in [0.4, 0.5) is 40.6 Å². The number of nitrogens with one attached hydrogen (secondary N) is 3. The van der Waals surface area contributed by atoms with Gasteiger partial charge in [-0.15, -0.1) is 0 Å². The van der Waals surface area contributed by atoms with E-state index in [0.29, 0.717) is 6.07 Å². The summed E-state index contributed by atoms with van der Waals surface area (Å²) in [5.74, 6) is -4.11. The van der Waals surface area contributed by atoms with Crippen LogP contribution < -0.4 is 20.9 Å². The highest BCUT2D eigenvalue weighted by Gasteiger charge is 2.19. The Hall–Kier alpha value is -4.78. The number of nitrogens with zero attached hydrogens (tertiary/aromatic N) is 3. The van der Waals surface area contributed by atoms with Crippen LogP contribution in [-0.2, 0) is 4.84 Å². The van der Waals surface area contributed by atoms with E-state index in [1.165, 1.54) is 20.1 Å². The fourth-order valence-electron chi connectivity index (χ4n) is 3.23. The fraction of sp³-hybridized carbons (Fsp3) is 0.154. The van der Waals surface area contributed by atoms with Gasteiger partial charge in [-0.05, 0) is 26.0 Å². The van der Waals surface area contributed by atoms with E-state index >= 15 is 0 Å². The van der Waals surface area contributed by atoms with E-state index in [0.717, 1.165) is 36.8 Å². The lowest BCUT2D eigenvalue weighted by molar-refractivity contribution is 0.0365. The van der Waals surface area contributed by atoms with E-state index in [9.17, 15) is 22.4 Å². The number of hydrogen-bond donors (Lipinski definition) is 3. The van der Waals surface area contributed by atoms with Crippen molar-refractivity contribution in [2.45, 2.75) is 13.8 Å². The van der Waals surface area contributed by atoms with Crippen LogP contribution in [0.5, 0.6) is 5.75 Å². The lowest BCUT2D eigenvalue weighted by atomic mass is 10.1. The third kappa shape index (κ3) is 7.38. The Morgan fingerprint density at radius 1 is 1.05 bits per heavy atom. The van der Waals surface area contributed by atoms with Crippen LogP contribution >= 0.6 is 0 Å². The molecule has 0 spiro atoms. The number of ether oxygens (including phenoxy) is 1. The summed E-state index contributed by atoms with van der Waals surface area (Å²) in [6.07, 6.45) is 3.85. The van der Waals surface area contributed by atoms with Crippen molar-refractivity contribution >= 4 is 34.6 Å². The second-order valence-corrected chi connectivity index (χ2v) is 7.68.